The first-order valence-electron chi connectivity index (χ1n) is 5.79. The molecule has 2 fully saturated rings. The van der Waals surface area contributed by atoms with Crippen molar-refractivity contribution in [1.82, 2.24) is 10.2 Å². The molecule has 86 valence electrons. The van der Waals surface area contributed by atoms with E-state index in [-0.39, 0.29) is 11.8 Å². The van der Waals surface area contributed by atoms with Crippen LogP contribution in [0.15, 0.2) is 0 Å². The van der Waals surface area contributed by atoms with E-state index in [2.05, 4.69) is 5.32 Å². The van der Waals surface area contributed by atoms with Crippen molar-refractivity contribution in [2.75, 3.05) is 26.7 Å². The summed E-state index contributed by atoms with van der Waals surface area (Å²) in [4.78, 5) is 14.0. The zero-order chi connectivity index (χ0) is 10.8. The number of nitrogens with zero attached hydrogens (tertiary/aromatic N) is 1. The van der Waals surface area contributed by atoms with Crippen LogP contribution in [0.5, 0.6) is 0 Å². The molecule has 4 heteroatoms. The summed E-state index contributed by atoms with van der Waals surface area (Å²) in [5.74, 6) is 0.344. The largest absolute Gasteiger partial charge is 0.371 e. The van der Waals surface area contributed by atoms with E-state index in [4.69, 9.17) is 4.74 Å². The Balaban J connectivity index is 1.90. The van der Waals surface area contributed by atoms with Gasteiger partial charge in [-0.25, -0.2) is 0 Å². The first-order chi connectivity index (χ1) is 7.20. The summed E-state index contributed by atoms with van der Waals surface area (Å²) in [7, 11) is 1.88. The van der Waals surface area contributed by atoms with Gasteiger partial charge in [0, 0.05) is 25.6 Å². The molecule has 0 aromatic carbocycles. The zero-order valence-corrected chi connectivity index (χ0v) is 9.53. The fourth-order valence-corrected chi connectivity index (χ4v) is 2.50. The second-order valence-electron chi connectivity index (χ2n) is 4.66. The lowest BCUT2D eigenvalue weighted by molar-refractivity contribution is -0.143. The number of carbonyl (C=O) groups is 1. The fourth-order valence-electron chi connectivity index (χ4n) is 2.50. The molecule has 0 spiro atoms. The Hall–Kier alpha value is -0.610. The quantitative estimate of drug-likeness (QED) is 0.728. The van der Waals surface area contributed by atoms with Crippen LogP contribution in [0.4, 0.5) is 0 Å². The normalized spacial score (nSPS) is 31.7. The number of ether oxygens (including phenoxy) is 1. The molecule has 15 heavy (non-hydrogen) atoms. The van der Waals surface area contributed by atoms with Gasteiger partial charge in [-0.05, 0) is 19.9 Å². The predicted molar refractivity (Wildman–Crippen MR) is 57.6 cm³/mol. The van der Waals surface area contributed by atoms with Crippen molar-refractivity contribution in [1.29, 1.82) is 0 Å². The number of morpholine rings is 1. The van der Waals surface area contributed by atoms with Crippen molar-refractivity contribution in [3.8, 4) is 0 Å². The van der Waals surface area contributed by atoms with E-state index in [9.17, 15) is 4.79 Å². The number of carbonyl (C=O) groups excluding carboxylic acids is 1. The second kappa shape index (κ2) is 4.49. The van der Waals surface area contributed by atoms with Crippen LogP contribution >= 0.6 is 0 Å². The maximum absolute atomic E-state index is 12.0. The minimum atomic E-state index is 0.0764. The Morgan fingerprint density at radius 2 is 2.07 bits per heavy atom. The Morgan fingerprint density at radius 1 is 1.47 bits per heavy atom. The molecular formula is C11H20N2O2. The molecule has 3 atom stereocenters. The van der Waals surface area contributed by atoms with Crippen LogP contribution < -0.4 is 5.32 Å². The van der Waals surface area contributed by atoms with Crippen molar-refractivity contribution in [2.24, 2.45) is 5.92 Å². The van der Waals surface area contributed by atoms with Gasteiger partial charge in [0.1, 0.15) is 0 Å². The van der Waals surface area contributed by atoms with Gasteiger partial charge in [0.15, 0.2) is 0 Å². The molecular weight excluding hydrogens is 192 g/mol. The summed E-state index contributed by atoms with van der Waals surface area (Å²) in [6.07, 6.45) is 2.84. The third kappa shape index (κ3) is 2.32. The van der Waals surface area contributed by atoms with Crippen LogP contribution in [-0.4, -0.2) is 49.7 Å². The highest BCUT2D eigenvalue weighted by Crippen LogP contribution is 2.26. The van der Waals surface area contributed by atoms with Gasteiger partial charge < -0.3 is 15.0 Å². The lowest BCUT2D eigenvalue weighted by Crippen LogP contribution is -2.48. The number of hydrogen-bond donors (Lipinski definition) is 1. The highest BCUT2D eigenvalue weighted by atomic mass is 16.5. The molecule has 1 amide bonds. The van der Waals surface area contributed by atoms with Crippen LogP contribution in [0, 0.1) is 5.92 Å². The molecule has 2 aliphatic rings. The van der Waals surface area contributed by atoms with Gasteiger partial charge in [-0.15, -0.1) is 0 Å². The molecule has 0 aromatic heterocycles. The first-order valence-corrected chi connectivity index (χ1v) is 5.79. The lowest BCUT2D eigenvalue weighted by atomic mass is 10.1. The summed E-state index contributed by atoms with van der Waals surface area (Å²) in [6, 6.07) is 0. The Kier molecular flexibility index (Phi) is 3.26. The number of amides is 1. The molecule has 0 radical (unpaired) electrons. The number of rotatable bonds is 3. The van der Waals surface area contributed by atoms with Crippen LogP contribution in [0.25, 0.3) is 0 Å². The number of fused-ring (bicyclic) bond motifs is 2. The van der Waals surface area contributed by atoms with Crippen molar-refractivity contribution in [2.45, 2.75) is 32.0 Å². The SMILES string of the molecule is CNCC(C)C(=O)N1CC2CCC(C1)O2. The van der Waals surface area contributed by atoms with E-state index in [0.29, 0.717) is 12.2 Å². The number of likely N-dealkylation sites (tertiary alicyclic amines) is 1. The van der Waals surface area contributed by atoms with Crippen LogP contribution in [0.1, 0.15) is 19.8 Å². The zero-order valence-electron chi connectivity index (χ0n) is 9.53. The molecule has 4 nitrogen and oxygen atoms in total. The molecule has 3 unspecified atom stereocenters. The maximum Gasteiger partial charge on any atom is 0.226 e. The molecule has 1 N–H and O–H groups in total. The van der Waals surface area contributed by atoms with Gasteiger partial charge in [0.05, 0.1) is 12.2 Å². The third-order valence-electron chi connectivity index (χ3n) is 3.29. The van der Waals surface area contributed by atoms with Crippen LogP contribution in [0.3, 0.4) is 0 Å². The van der Waals surface area contributed by atoms with E-state index < -0.39 is 0 Å². The van der Waals surface area contributed by atoms with E-state index in [1.165, 1.54) is 0 Å². The van der Waals surface area contributed by atoms with Gasteiger partial charge in [-0.3, -0.25) is 4.79 Å². The van der Waals surface area contributed by atoms with Crippen molar-refractivity contribution in [3.63, 3.8) is 0 Å². The molecule has 0 saturated carbocycles. The summed E-state index contributed by atoms with van der Waals surface area (Å²) >= 11 is 0. The van der Waals surface area contributed by atoms with E-state index >= 15 is 0 Å². The van der Waals surface area contributed by atoms with Crippen LogP contribution in [-0.2, 0) is 9.53 Å². The highest BCUT2D eigenvalue weighted by molar-refractivity contribution is 5.79. The molecule has 0 aliphatic carbocycles. The minimum absolute atomic E-state index is 0.0764. The molecule has 2 bridgehead atoms. The van der Waals surface area contributed by atoms with Crippen molar-refractivity contribution < 1.29 is 9.53 Å². The molecule has 0 aromatic rings. The second-order valence-corrected chi connectivity index (χ2v) is 4.66. The Morgan fingerprint density at radius 3 is 2.60 bits per heavy atom. The topological polar surface area (TPSA) is 41.6 Å². The van der Waals surface area contributed by atoms with Crippen LogP contribution in [0.2, 0.25) is 0 Å². The average molecular weight is 212 g/mol. The highest BCUT2D eigenvalue weighted by Gasteiger charge is 2.36. The van der Waals surface area contributed by atoms with E-state index in [1.807, 2.05) is 18.9 Å². The van der Waals surface area contributed by atoms with Crippen molar-refractivity contribution in [3.05, 3.63) is 0 Å². The first kappa shape index (κ1) is 10.9. The standard InChI is InChI=1S/C11H20N2O2/c1-8(5-12-2)11(14)13-6-9-3-4-10(7-13)15-9/h8-10,12H,3-7H2,1-2H3. The average Bonchev–Trinajstić information content (AvgIpc) is 2.57. The van der Waals surface area contributed by atoms with E-state index in [1.54, 1.807) is 0 Å². The monoisotopic (exact) mass is 212 g/mol. The summed E-state index contributed by atoms with van der Waals surface area (Å²) in [5, 5.41) is 3.05. The lowest BCUT2D eigenvalue weighted by Gasteiger charge is -2.33. The van der Waals surface area contributed by atoms with Gasteiger partial charge in [0.2, 0.25) is 5.91 Å². The molecule has 2 heterocycles. The summed E-state index contributed by atoms with van der Waals surface area (Å²) in [6.45, 7) is 4.33. The van der Waals surface area contributed by atoms with Crippen molar-refractivity contribution >= 4 is 5.91 Å². The van der Waals surface area contributed by atoms with Gasteiger partial charge in [-0.2, -0.15) is 0 Å². The minimum Gasteiger partial charge on any atom is -0.371 e. The maximum atomic E-state index is 12.0. The molecule has 2 aliphatic heterocycles. The number of hydrogen-bond acceptors (Lipinski definition) is 3. The Bertz CT molecular complexity index is 233. The van der Waals surface area contributed by atoms with Gasteiger partial charge >= 0.3 is 0 Å². The third-order valence-corrected chi connectivity index (χ3v) is 3.29. The predicted octanol–water partition coefficient (Wildman–Crippen LogP) is 0.232. The Labute approximate surface area is 91.0 Å². The van der Waals surface area contributed by atoms with Gasteiger partial charge in [0.25, 0.3) is 0 Å². The smallest absolute Gasteiger partial charge is 0.226 e. The van der Waals surface area contributed by atoms with E-state index in [0.717, 1.165) is 32.5 Å². The summed E-state index contributed by atoms with van der Waals surface area (Å²) in [5.41, 5.74) is 0. The molecule has 2 rings (SSSR count). The number of nitrogens with one attached hydrogen (secondary N) is 1. The fraction of sp³-hybridized carbons (Fsp3) is 0.909. The summed E-state index contributed by atoms with van der Waals surface area (Å²) < 4.78 is 5.71. The van der Waals surface area contributed by atoms with Gasteiger partial charge in [-0.1, -0.05) is 6.92 Å². The molecule has 2 saturated heterocycles.